The summed E-state index contributed by atoms with van der Waals surface area (Å²) in [6.07, 6.45) is -0.0451. The molecule has 2 aromatic carbocycles. The molecule has 1 aromatic heterocycles. The van der Waals surface area contributed by atoms with Gasteiger partial charge >= 0.3 is 5.69 Å². The van der Waals surface area contributed by atoms with E-state index in [1.165, 1.54) is 14.2 Å². The van der Waals surface area contributed by atoms with E-state index in [0.29, 0.717) is 28.1 Å². The first-order chi connectivity index (χ1) is 13.0. The second-order valence-electron chi connectivity index (χ2n) is 5.80. The second kappa shape index (κ2) is 7.77. The molecule has 3 rings (SSSR count). The van der Waals surface area contributed by atoms with Gasteiger partial charge in [-0.1, -0.05) is 12.1 Å². The number of fused-ring (bicyclic) bond motifs is 1. The van der Waals surface area contributed by atoms with Gasteiger partial charge in [0.1, 0.15) is 11.5 Å². The van der Waals surface area contributed by atoms with E-state index >= 15 is 0 Å². The van der Waals surface area contributed by atoms with Gasteiger partial charge in [0.25, 0.3) is 5.56 Å². The van der Waals surface area contributed by atoms with Crippen molar-refractivity contribution in [2.75, 3.05) is 19.5 Å². The van der Waals surface area contributed by atoms with Crippen molar-refractivity contribution in [1.29, 1.82) is 0 Å². The summed E-state index contributed by atoms with van der Waals surface area (Å²) in [5.74, 6) is 0.695. The van der Waals surface area contributed by atoms with Crippen LogP contribution >= 0.6 is 0 Å². The number of carbonyl (C=O) groups excluding carboxylic acids is 1. The smallest absolute Gasteiger partial charge is 0.328 e. The topological polar surface area (TPSA) is 102 Å². The third kappa shape index (κ3) is 3.84. The van der Waals surface area contributed by atoms with Crippen LogP contribution in [0.5, 0.6) is 11.5 Å². The van der Waals surface area contributed by atoms with Gasteiger partial charge in [-0.05, 0) is 24.3 Å². The van der Waals surface area contributed by atoms with Gasteiger partial charge in [-0.15, -0.1) is 0 Å². The molecule has 0 spiro atoms. The van der Waals surface area contributed by atoms with Crippen LogP contribution < -0.4 is 26.0 Å². The van der Waals surface area contributed by atoms with Crippen molar-refractivity contribution in [2.24, 2.45) is 0 Å². The molecule has 140 valence electrons. The van der Waals surface area contributed by atoms with E-state index in [9.17, 15) is 14.4 Å². The maximum Gasteiger partial charge on any atom is 0.328 e. The van der Waals surface area contributed by atoms with Crippen molar-refractivity contribution in [3.05, 3.63) is 63.3 Å². The van der Waals surface area contributed by atoms with Crippen molar-refractivity contribution in [2.45, 2.75) is 13.0 Å². The lowest BCUT2D eigenvalue weighted by Crippen LogP contribution is -2.36. The predicted octanol–water partition coefficient (Wildman–Crippen LogP) is 1.74. The van der Waals surface area contributed by atoms with Crippen molar-refractivity contribution >= 4 is 22.5 Å². The van der Waals surface area contributed by atoms with E-state index in [1.807, 2.05) is 0 Å². The number of anilines is 1. The largest absolute Gasteiger partial charge is 0.497 e. The summed E-state index contributed by atoms with van der Waals surface area (Å²) in [7, 11) is 3.02. The van der Waals surface area contributed by atoms with Gasteiger partial charge in [0, 0.05) is 19.0 Å². The molecule has 27 heavy (non-hydrogen) atoms. The summed E-state index contributed by atoms with van der Waals surface area (Å²) in [4.78, 5) is 39.5. The highest BCUT2D eigenvalue weighted by Gasteiger charge is 2.12. The van der Waals surface area contributed by atoms with Crippen LogP contribution in [0, 0.1) is 0 Å². The third-order valence-electron chi connectivity index (χ3n) is 4.13. The van der Waals surface area contributed by atoms with Crippen LogP contribution in [0.1, 0.15) is 6.42 Å². The molecule has 0 aliphatic rings. The molecule has 0 bridgehead atoms. The van der Waals surface area contributed by atoms with Gasteiger partial charge < -0.3 is 19.8 Å². The lowest BCUT2D eigenvalue weighted by molar-refractivity contribution is -0.116. The van der Waals surface area contributed by atoms with Gasteiger partial charge in [0.15, 0.2) is 0 Å². The van der Waals surface area contributed by atoms with E-state index in [4.69, 9.17) is 9.47 Å². The molecular formula is C19H19N3O5. The standard InChI is InChI=1S/C19H19N3O5/c1-26-12-7-8-15(16(11-12)27-2)20-17(23)9-10-22-18(24)13-5-3-4-6-14(13)21-19(22)25/h3-8,11H,9-10H2,1-2H3,(H,20,23)(H,21,25). The van der Waals surface area contributed by atoms with Crippen LogP contribution in [0.2, 0.25) is 0 Å². The van der Waals surface area contributed by atoms with Crippen LogP contribution in [-0.2, 0) is 11.3 Å². The molecule has 2 N–H and O–H groups in total. The molecule has 0 radical (unpaired) electrons. The zero-order valence-electron chi connectivity index (χ0n) is 14.9. The Morgan fingerprint density at radius 2 is 1.89 bits per heavy atom. The number of hydrogen-bond donors (Lipinski definition) is 2. The lowest BCUT2D eigenvalue weighted by atomic mass is 10.2. The van der Waals surface area contributed by atoms with Crippen LogP contribution in [0.3, 0.4) is 0 Å². The molecule has 0 unspecified atom stereocenters. The first kappa shape index (κ1) is 18.2. The molecule has 0 aliphatic carbocycles. The van der Waals surface area contributed by atoms with Gasteiger partial charge in [-0.25, -0.2) is 4.79 Å². The molecule has 3 aromatic rings. The number of nitrogens with zero attached hydrogens (tertiary/aromatic N) is 1. The van der Waals surface area contributed by atoms with E-state index in [0.717, 1.165) is 4.57 Å². The van der Waals surface area contributed by atoms with Gasteiger partial charge in [-0.2, -0.15) is 0 Å². The molecule has 8 heteroatoms. The number of aromatic amines is 1. The zero-order chi connectivity index (χ0) is 19.4. The Labute approximate surface area is 154 Å². The Morgan fingerprint density at radius 1 is 1.11 bits per heavy atom. The molecule has 0 aliphatic heterocycles. The lowest BCUT2D eigenvalue weighted by Gasteiger charge is -2.12. The maximum atomic E-state index is 12.5. The normalized spacial score (nSPS) is 10.6. The van der Waals surface area contributed by atoms with Crippen LogP contribution in [-0.4, -0.2) is 29.7 Å². The van der Waals surface area contributed by atoms with E-state index in [1.54, 1.807) is 42.5 Å². The molecule has 1 heterocycles. The van der Waals surface area contributed by atoms with E-state index < -0.39 is 11.2 Å². The van der Waals surface area contributed by atoms with Crippen molar-refractivity contribution in [1.82, 2.24) is 9.55 Å². The zero-order valence-corrected chi connectivity index (χ0v) is 14.9. The van der Waals surface area contributed by atoms with Gasteiger partial charge in [0.2, 0.25) is 5.91 Å². The molecular weight excluding hydrogens is 350 g/mol. The van der Waals surface area contributed by atoms with Crippen LogP contribution in [0.15, 0.2) is 52.1 Å². The minimum absolute atomic E-state index is 0.0384. The maximum absolute atomic E-state index is 12.5. The number of aromatic nitrogens is 2. The fourth-order valence-corrected chi connectivity index (χ4v) is 2.73. The highest BCUT2D eigenvalue weighted by Crippen LogP contribution is 2.29. The Kier molecular flexibility index (Phi) is 5.25. The number of para-hydroxylation sites is 1. The first-order valence-electron chi connectivity index (χ1n) is 8.27. The summed E-state index contributed by atoms with van der Waals surface area (Å²) < 4.78 is 11.4. The number of amides is 1. The number of carbonyl (C=O) groups is 1. The Morgan fingerprint density at radius 3 is 2.63 bits per heavy atom. The Balaban J connectivity index is 1.76. The molecule has 1 amide bonds. The highest BCUT2D eigenvalue weighted by atomic mass is 16.5. The number of nitrogens with one attached hydrogen (secondary N) is 2. The fraction of sp³-hybridized carbons (Fsp3) is 0.211. The van der Waals surface area contributed by atoms with Crippen molar-refractivity contribution in [3.8, 4) is 11.5 Å². The number of H-pyrrole nitrogens is 1. The highest BCUT2D eigenvalue weighted by molar-refractivity contribution is 5.92. The second-order valence-corrected chi connectivity index (χ2v) is 5.80. The summed E-state index contributed by atoms with van der Waals surface area (Å²) >= 11 is 0. The Hall–Kier alpha value is -3.55. The number of rotatable bonds is 6. The molecule has 0 saturated heterocycles. The van der Waals surface area contributed by atoms with Gasteiger partial charge in [0.05, 0.1) is 30.8 Å². The van der Waals surface area contributed by atoms with Crippen molar-refractivity contribution in [3.63, 3.8) is 0 Å². The summed E-state index contributed by atoms with van der Waals surface area (Å²) in [5.41, 5.74) is -0.0306. The quantitative estimate of drug-likeness (QED) is 0.689. The van der Waals surface area contributed by atoms with E-state index in [2.05, 4.69) is 10.3 Å². The van der Waals surface area contributed by atoms with Crippen molar-refractivity contribution < 1.29 is 14.3 Å². The average Bonchev–Trinajstić information content (AvgIpc) is 2.68. The SMILES string of the molecule is COc1ccc(NC(=O)CCn2c(=O)[nH]c3ccccc3c2=O)c(OC)c1. The van der Waals surface area contributed by atoms with Crippen LogP contribution in [0.25, 0.3) is 10.9 Å². The minimum atomic E-state index is -0.548. The Bertz CT molecular complexity index is 1100. The summed E-state index contributed by atoms with van der Waals surface area (Å²) in [5, 5.41) is 3.11. The summed E-state index contributed by atoms with van der Waals surface area (Å²) in [6.45, 7) is -0.0384. The monoisotopic (exact) mass is 369 g/mol. The molecule has 0 saturated carbocycles. The van der Waals surface area contributed by atoms with Gasteiger partial charge in [-0.3, -0.25) is 14.2 Å². The predicted molar refractivity (Wildman–Crippen MR) is 102 cm³/mol. The summed E-state index contributed by atoms with van der Waals surface area (Å²) in [6, 6.07) is 11.7. The fourth-order valence-electron chi connectivity index (χ4n) is 2.73. The van der Waals surface area contributed by atoms with Crippen LogP contribution in [0.4, 0.5) is 5.69 Å². The third-order valence-corrected chi connectivity index (χ3v) is 4.13. The minimum Gasteiger partial charge on any atom is -0.497 e. The number of methoxy groups -OCH3 is 2. The van der Waals surface area contributed by atoms with E-state index in [-0.39, 0.29) is 18.9 Å². The number of benzene rings is 2. The molecule has 0 atom stereocenters. The number of ether oxygens (including phenoxy) is 2. The first-order valence-corrected chi connectivity index (χ1v) is 8.27. The molecule has 0 fully saturated rings. The molecule has 8 nitrogen and oxygen atoms in total. The average molecular weight is 369 g/mol. The number of hydrogen-bond acceptors (Lipinski definition) is 5.